The Balaban J connectivity index is 2.58. The lowest BCUT2D eigenvalue weighted by Gasteiger charge is -1.92. The molecule has 1 rings (SSSR count). The van der Waals surface area contributed by atoms with E-state index in [1.165, 1.54) is 0 Å². The summed E-state index contributed by atoms with van der Waals surface area (Å²) >= 11 is 5.71. The first kappa shape index (κ1) is 9.23. The lowest BCUT2D eigenvalue weighted by Crippen LogP contribution is -2.02. The first-order chi connectivity index (χ1) is 5.83. The highest BCUT2D eigenvalue weighted by molar-refractivity contribution is 6.30. The van der Waals surface area contributed by atoms with Crippen LogP contribution in [-0.2, 0) is 0 Å². The highest BCUT2D eigenvalue weighted by Gasteiger charge is 1.86. The van der Waals surface area contributed by atoms with E-state index in [-0.39, 0.29) is 0 Å². The van der Waals surface area contributed by atoms with Crippen LogP contribution >= 0.6 is 11.6 Å². The van der Waals surface area contributed by atoms with Crippen LogP contribution in [0.2, 0.25) is 5.02 Å². The van der Waals surface area contributed by atoms with Gasteiger partial charge in [0.05, 0.1) is 6.54 Å². The second-order valence-corrected chi connectivity index (χ2v) is 2.81. The fraction of sp³-hybridized carbons (Fsp3) is 0.222. The number of nitrogens with two attached hydrogens (primary N) is 1. The Labute approximate surface area is 77.1 Å². The summed E-state index contributed by atoms with van der Waals surface area (Å²) in [6.45, 7) is 1.26. The van der Waals surface area contributed by atoms with Crippen molar-refractivity contribution in [3.63, 3.8) is 0 Å². The normalized spacial score (nSPS) is 10.8. The van der Waals surface area contributed by atoms with Crippen LogP contribution in [0.5, 0.6) is 0 Å². The SMILES string of the molecule is NCCN=Cc1ccc(Cl)cc1. The van der Waals surface area contributed by atoms with E-state index in [9.17, 15) is 0 Å². The zero-order chi connectivity index (χ0) is 8.81. The molecule has 0 bridgehead atoms. The van der Waals surface area contributed by atoms with Crippen molar-refractivity contribution in [1.82, 2.24) is 0 Å². The van der Waals surface area contributed by atoms with Gasteiger partial charge in [0.25, 0.3) is 0 Å². The third kappa shape index (κ3) is 3.03. The van der Waals surface area contributed by atoms with Crippen molar-refractivity contribution in [3.8, 4) is 0 Å². The minimum Gasteiger partial charge on any atom is -0.329 e. The predicted octanol–water partition coefficient (Wildman–Crippen LogP) is 1.72. The van der Waals surface area contributed by atoms with Crippen molar-refractivity contribution >= 4 is 17.8 Å². The summed E-state index contributed by atoms with van der Waals surface area (Å²) in [5.74, 6) is 0. The van der Waals surface area contributed by atoms with Crippen LogP contribution in [0, 0.1) is 0 Å². The maximum absolute atomic E-state index is 5.71. The molecule has 0 radical (unpaired) electrons. The lowest BCUT2D eigenvalue weighted by molar-refractivity contribution is 0.981. The molecule has 0 aromatic heterocycles. The van der Waals surface area contributed by atoms with Gasteiger partial charge in [-0.1, -0.05) is 23.7 Å². The monoisotopic (exact) mass is 182 g/mol. The van der Waals surface area contributed by atoms with Crippen LogP contribution < -0.4 is 5.73 Å². The van der Waals surface area contributed by atoms with Gasteiger partial charge in [-0.2, -0.15) is 0 Å². The average Bonchev–Trinajstić information content (AvgIpc) is 2.09. The van der Waals surface area contributed by atoms with Gasteiger partial charge in [-0.05, 0) is 17.7 Å². The number of halogens is 1. The zero-order valence-corrected chi connectivity index (χ0v) is 7.46. The van der Waals surface area contributed by atoms with E-state index in [2.05, 4.69) is 4.99 Å². The molecule has 1 aromatic carbocycles. The number of hydrogen-bond acceptors (Lipinski definition) is 2. The van der Waals surface area contributed by atoms with E-state index in [0.717, 1.165) is 10.6 Å². The fourth-order valence-corrected chi connectivity index (χ4v) is 0.919. The summed E-state index contributed by atoms with van der Waals surface area (Å²) < 4.78 is 0. The van der Waals surface area contributed by atoms with Crippen molar-refractivity contribution in [2.75, 3.05) is 13.1 Å². The minimum atomic E-state index is 0.587. The van der Waals surface area contributed by atoms with Gasteiger partial charge in [-0.3, -0.25) is 4.99 Å². The third-order valence-corrected chi connectivity index (χ3v) is 1.62. The summed E-state index contributed by atoms with van der Waals surface area (Å²) in [5.41, 5.74) is 6.33. The van der Waals surface area contributed by atoms with Gasteiger partial charge in [0.15, 0.2) is 0 Å². The standard InChI is InChI=1S/C9H11ClN2/c10-9-3-1-8(2-4-9)7-12-6-5-11/h1-4,7H,5-6,11H2. The van der Waals surface area contributed by atoms with E-state index >= 15 is 0 Å². The Hall–Kier alpha value is -0.860. The highest BCUT2D eigenvalue weighted by atomic mass is 35.5. The Morgan fingerprint density at radius 2 is 2.00 bits per heavy atom. The van der Waals surface area contributed by atoms with Crippen molar-refractivity contribution in [3.05, 3.63) is 34.9 Å². The van der Waals surface area contributed by atoms with Crippen molar-refractivity contribution in [2.24, 2.45) is 10.7 Å². The van der Waals surface area contributed by atoms with Crippen LogP contribution in [0.25, 0.3) is 0 Å². The lowest BCUT2D eigenvalue weighted by atomic mass is 10.2. The summed E-state index contributed by atoms with van der Waals surface area (Å²) in [6, 6.07) is 7.52. The second-order valence-electron chi connectivity index (χ2n) is 2.38. The molecule has 1 aromatic rings. The van der Waals surface area contributed by atoms with Gasteiger partial charge < -0.3 is 5.73 Å². The molecule has 0 heterocycles. The minimum absolute atomic E-state index is 0.587. The van der Waals surface area contributed by atoms with Crippen molar-refractivity contribution < 1.29 is 0 Å². The Morgan fingerprint density at radius 3 is 2.58 bits per heavy atom. The molecule has 2 nitrogen and oxygen atoms in total. The van der Waals surface area contributed by atoms with Crippen LogP contribution in [0.4, 0.5) is 0 Å². The van der Waals surface area contributed by atoms with E-state index in [4.69, 9.17) is 17.3 Å². The largest absolute Gasteiger partial charge is 0.329 e. The maximum atomic E-state index is 5.71. The average molecular weight is 183 g/mol. The van der Waals surface area contributed by atoms with Gasteiger partial charge >= 0.3 is 0 Å². The number of nitrogens with zero attached hydrogens (tertiary/aromatic N) is 1. The summed E-state index contributed by atoms with van der Waals surface area (Å²) in [5, 5.41) is 0.742. The Bertz CT molecular complexity index is 254. The number of aliphatic imine (C=N–C) groups is 1. The molecule has 0 atom stereocenters. The second kappa shape index (κ2) is 4.91. The molecule has 0 fully saturated rings. The molecule has 12 heavy (non-hydrogen) atoms. The maximum Gasteiger partial charge on any atom is 0.0512 e. The van der Waals surface area contributed by atoms with E-state index in [0.29, 0.717) is 13.1 Å². The smallest absolute Gasteiger partial charge is 0.0512 e. The molecule has 0 spiro atoms. The molecule has 0 saturated heterocycles. The first-order valence-electron chi connectivity index (χ1n) is 3.78. The molecule has 0 aliphatic rings. The molecule has 0 unspecified atom stereocenters. The van der Waals surface area contributed by atoms with Gasteiger partial charge in [-0.15, -0.1) is 0 Å². The number of rotatable bonds is 3. The zero-order valence-electron chi connectivity index (χ0n) is 6.70. The van der Waals surface area contributed by atoms with Crippen LogP contribution in [-0.4, -0.2) is 19.3 Å². The van der Waals surface area contributed by atoms with Crippen LogP contribution in [0.3, 0.4) is 0 Å². The van der Waals surface area contributed by atoms with Gasteiger partial charge in [-0.25, -0.2) is 0 Å². The van der Waals surface area contributed by atoms with Gasteiger partial charge in [0.2, 0.25) is 0 Å². The van der Waals surface area contributed by atoms with E-state index in [1.54, 1.807) is 6.21 Å². The Kier molecular flexibility index (Phi) is 3.77. The van der Waals surface area contributed by atoms with Crippen molar-refractivity contribution in [2.45, 2.75) is 0 Å². The van der Waals surface area contributed by atoms with Crippen molar-refractivity contribution in [1.29, 1.82) is 0 Å². The Morgan fingerprint density at radius 1 is 1.33 bits per heavy atom. The van der Waals surface area contributed by atoms with E-state index in [1.807, 2.05) is 24.3 Å². The van der Waals surface area contributed by atoms with Crippen LogP contribution in [0.15, 0.2) is 29.3 Å². The topological polar surface area (TPSA) is 38.4 Å². The molecule has 64 valence electrons. The van der Waals surface area contributed by atoms with E-state index < -0.39 is 0 Å². The highest BCUT2D eigenvalue weighted by Crippen LogP contribution is 2.07. The quantitative estimate of drug-likeness (QED) is 0.711. The summed E-state index contributed by atoms with van der Waals surface area (Å²) in [7, 11) is 0. The molecule has 0 aliphatic carbocycles. The molecule has 2 N–H and O–H groups in total. The molecular weight excluding hydrogens is 172 g/mol. The van der Waals surface area contributed by atoms with Crippen LogP contribution in [0.1, 0.15) is 5.56 Å². The number of hydrogen-bond donors (Lipinski definition) is 1. The predicted molar refractivity (Wildman–Crippen MR) is 53.0 cm³/mol. The summed E-state index contributed by atoms with van der Waals surface area (Å²) in [4.78, 5) is 4.10. The molecular formula is C9H11ClN2. The molecule has 0 saturated carbocycles. The molecule has 0 aliphatic heterocycles. The summed E-state index contributed by atoms with van der Waals surface area (Å²) in [6.07, 6.45) is 1.79. The van der Waals surface area contributed by atoms with Gasteiger partial charge in [0, 0.05) is 17.8 Å². The van der Waals surface area contributed by atoms with Gasteiger partial charge in [0.1, 0.15) is 0 Å². The molecule has 0 amide bonds. The fourth-order valence-electron chi connectivity index (χ4n) is 0.793. The third-order valence-electron chi connectivity index (χ3n) is 1.37. The molecule has 3 heteroatoms. The first-order valence-corrected chi connectivity index (χ1v) is 4.16. The number of benzene rings is 1.